The Kier molecular flexibility index (Phi) is 6.18. The maximum Gasteiger partial charge on any atom is 0.257 e. The predicted octanol–water partition coefficient (Wildman–Crippen LogP) is 3.60. The van der Waals surface area contributed by atoms with Crippen molar-refractivity contribution in [3.8, 4) is 17.4 Å². The van der Waals surface area contributed by atoms with Crippen molar-refractivity contribution in [1.82, 2.24) is 29.5 Å². The SMILES string of the molecule is CCN(CC)C1CCN(C(=O)c2cnn(-c3nccc(-c4ccco4)n3)c2C(C)C)C1. The van der Waals surface area contributed by atoms with E-state index in [0.29, 0.717) is 29.0 Å². The number of amides is 1. The summed E-state index contributed by atoms with van der Waals surface area (Å²) in [6.45, 7) is 12.0. The van der Waals surface area contributed by atoms with Gasteiger partial charge >= 0.3 is 0 Å². The number of carbonyl (C=O) groups excluding carboxylic acids is 1. The Morgan fingerprint density at radius 1 is 1.29 bits per heavy atom. The van der Waals surface area contributed by atoms with Crippen LogP contribution in [0.3, 0.4) is 0 Å². The molecule has 0 saturated carbocycles. The second-order valence-corrected chi connectivity index (χ2v) is 8.14. The van der Waals surface area contributed by atoms with Gasteiger partial charge in [-0.15, -0.1) is 0 Å². The maximum atomic E-state index is 13.4. The molecule has 8 heteroatoms. The normalized spacial score (nSPS) is 16.6. The molecule has 1 amide bonds. The molecular weight excluding hydrogens is 392 g/mol. The van der Waals surface area contributed by atoms with Gasteiger partial charge in [0.25, 0.3) is 11.9 Å². The van der Waals surface area contributed by atoms with Crippen molar-refractivity contribution < 1.29 is 9.21 Å². The smallest absolute Gasteiger partial charge is 0.257 e. The average Bonchev–Trinajstić information content (AvgIpc) is 3.55. The van der Waals surface area contributed by atoms with Crippen LogP contribution in [0.4, 0.5) is 0 Å². The maximum absolute atomic E-state index is 13.4. The highest BCUT2D eigenvalue weighted by Crippen LogP contribution is 2.26. The lowest BCUT2D eigenvalue weighted by atomic mass is 10.1. The lowest BCUT2D eigenvalue weighted by Crippen LogP contribution is -2.38. The first-order valence-corrected chi connectivity index (χ1v) is 11.0. The second kappa shape index (κ2) is 9.01. The van der Waals surface area contributed by atoms with Gasteiger partial charge in [-0.25, -0.2) is 14.6 Å². The molecular formula is C23H30N6O2. The average molecular weight is 423 g/mol. The Labute approximate surface area is 182 Å². The van der Waals surface area contributed by atoms with E-state index >= 15 is 0 Å². The molecule has 0 radical (unpaired) electrons. The first-order valence-electron chi connectivity index (χ1n) is 11.0. The van der Waals surface area contributed by atoms with Crippen LogP contribution in [-0.2, 0) is 0 Å². The molecule has 1 fully saturated rings. The van der Waals surface area contributed by atoms with Gasteiger partial charge in [0.05, 0.1) is 23.7 Å². The second-order valence-electron chi connectivity index (χ2n) is 8.14. The third-order valence-corrected chi connectivity index (χ3v) is 5.97. The highest BCUT2D eigenvalue weighted by atomic mass is 16.3. The summed E-state index contributed by atoms with van der Waals surface area (Å²) in [4.78, 5) is 26.8. The van der Waals surface area contributed by atoms with Gasteiger partial charge in [-0.3, -0.25) is 9.69 Å². The van der Waals surface area contributed by atoms with Gasteiger partial charge in [0.1, 0.15) is 5.69 Å². The molecule has 0 N–H and O–H groups in total. The van der Waals surface area contributed by atoms with Crippen LogP contribution in [0.1, 0.15) is 56.1 Å². The van der Waals surface area contributed by atoms with Gasteiger partial charge in [0, 0.05) is 25.3 Å². The van der Waals surface area contributed by atoms with Crippen LogP contribution < -0.4 is 0 Å². The summed E-state index contributed by atoms with van der Waals surface area (Å²) in [5, 5.41) is 4.51. The molecule has 0 spiro atoms. The van der Waals surface area contributed by atoms with Crippen molar-refractivity contribution in [2.24, 2.45) is 0 Å². The van der Waals surface area contributed by atoms with Crippen LogP contribution in [0.25, 0.3) is 17.4 Å². The van der Waals surface area contributed by atoms with Crippen LogP contribution in [-0.4, -0.2) is 67.7 Å². The molecule has 1 unspecified atom stereocenters. The van der Waals surface area contributed by atoms with Gasteiger partial charge in [-0.1, -0.05) is 27.7 Å². The van der Waals surface area contributed by atoms with Gasteiger partial charge in [0.15, 0.2) is 5.76 Å². The monoisotopic (exact) mass is 422 g/mol. The van der Waals surface area contributed by atoms with Crippen LogP contribution in [0.5, 0.6) is 0 Å². The molecule has 0 aromatic carbocycles. The first-order chi connectivity index (χ1) is 15.0. The molecule has 0 bridgehead atoms. The zero-order valence-electron chi connectivity index (χ0n) is 18.7. The molecule has 4 heterocycles. The van der Waals surface area contributed by atoms with Gasteiger partial charge < -0.3 is 9.32 Å². The van der Waals surface area contributed by atoms with E-state index in [9.17, 15) is 4.79 Å². The van der Waals surface area contributed by atoms with Gasteiger partial charge in [0.2, 0.25) is 0 Å². The largest absolute Gasteiger partial charge is 0.463 e. The van der Waals surface area contributed by atoms with E-state index in [-0.39, 0.29) is 11.8 Å². The Hall–Kier alpha value is -3.00. The van der Waals surface area contributed by atoms with Crippen molar-refractivity contribution >= 4 is 5.91 Å². The number of nitrogens with zero attached hydrogens (tertiary/aromatic N) is 6. The lowest BCUT2D eigenvalue weighted by molar-refractivity contribution is 0.0776. The van der Waals surface area contributed by atoms with Crippen LogP contribution in [0.15, 0.2) is 41.3 Å². The Balaban J connectivity index is 1.63. The third-order valence-electron chi connectivity index (χ3n) is 5.97. The van der Waals surface area contributed by atoms with Crippen LogP contribution >= 0.6 is 0 Å². The first kappa shape index (κ1) is 21.2. The van der Waals surface area contributed by atoms with Crippen molar-refractivity contribution in [3.63, 3.8) is 0 Å². The van der Waals surface area contributed by atoms with E-state index in [0.717, 1.165) is 38.3 Å². The molecule has 164 valence electrons. The number of likely N-dealkylation sites (tertiary alicyclic amines) is 1. The number of hydrogen-bond acceptors (Lipinski definition) is 6. The van der Waals surface area contributed by atoms with Gasteiger partial charge in [-0.2, -0.15) is 5.10 Å². The number of aromatic nitrogens is 4. The van der Waals surface area contributed by atoms with Crippen LogP contribution in [0, 0.1) is 0 Å². The van der Waals surface area contributed by atoms with Crippen LogP contribution in [0.2, 0.25) is 0 Å². The summed E-state index contributed by atoms with van der Waals surface area (Å²) < 4.78 is 7.14. The van der Waals surface area contributed by atoms with E-state index in [1.54, 1.807) is 29.4 Å². The van der Waals surface area contributed by atoms with E-state index in [4.69, 9.17) is 4.42 Å². The minimum Gasteiger partial charge on any atom is -0.463 e. The molecule has 4 rings (SSSR count). The fraction of sp³-hybridized carbons (Fsp3) is 0.478. The quantitative estimate of drug-likeness (QED) is 0.579. The number of rotatable bonds is 7. The lowest BCUT2D eigenvalue weighted by Gasteiger charge is -2.26. The Morgan fingerprint density at radius 2 is 2.10 bits per heavy atom. The zero-order chi connectivity index (χ0) is 22.0. The summed E-state index contributed by atoms with van der Waals surface area (Å²) in [5.74, 6) is 1.21. The number of hydrogen-bond donors (Lipinski definition) is 0. The summed E-state index contributed by atoms with van der Waals surface area (Å²) in [6.07, 6.45) is 5.96. The summed E-state index contributed by atoms with van der Waals surface area (Å²) in [6, 6.07) is 5.89. The summed E-state index contributed by atoms with van der Waals surface area (Å²) in [7, 11) is 0. The van der Waals surface area contributed by atoms with Crippen molar-refractivity contribution in [2.45, 2.75) is 46.1 Å². The third kappa shape index (κ3) is 4.12. The zero-order valence-corrected chi connectivity index (χ0v) is 18.7. The molecule has 3 aromatic rings. The molecule has 1 saturated heterocycles. The Bertz CT molecular complexity index is 1020. The van der Waals surface area contributed by atoms with E-state index in [1.165, 1.54) is 0 Å². The summed E-state index contributed by atoms with van der Waals surface area (Å²) in [5.41, 5.74) is 2.13. The minimum absolute atomic E-state index is 0.0341. The summed E-state index contributed by atoms with van der Waals surface area (Å²) >= 11 is 0. The van der Waals surface area contributed by atoms with Crippen molar-refractivity contribution in [3.05, 3.63) is 48.1 Å². The molecule has 1 aliphatic rings. The molecule has 0 aliphatic carbocycles. The van der Waals surface area contributed by atoms with E-state index < -0.39 is 0 Å². The minimum atomic E-state index is 0.0341. The van der Waals surface area contributed by atoms with Crippen molar-refractivity contribution in [1.29, 1.82) is 0 Å². The van der Waals surface area contributed by atoms with E-state index in [1.807, 2.05) is 17.0 Å². The number of carbonyl (C=O) groups is 1. The number of likely N-dealkylation sites (N-methyl/N-ethyl adjacent to an activating group) is 1. The predicted molar refractivity (Wildman–Crippen MR) is 118 cm³/mol. The Morgan fingerprint density at radius 3 is 2.77 bits per heavy atom. The topological polar surface area (TPSA) is 80.3 Å². The fourth-order valence-electron chi connectivity index (χ4n) is 4.38. The molecule has 1 aliphatic heterocycles. The highest BCUT2D eigenvalue weighted by molar-refractivity contribution is 5.95. The van der Waals surface area contributed by atoms with Gasteiger partial charge in [-0.05, 0) is 43.6 Å². The fourth-order valence-corrected chi connectivity index (χ4v) is 4.38. The van der Waals surface area contributed by atoms with Crippen molar-refractivity contribution in [2.75, 3.05) is 26.2 Å². The molecule has 31 heavy (non-hydrogen) atoms. The molecule has 3 aromatic heterocycles. The number of furan rings is 1. The van der Waals surface area contributed by atoms with E-state index in [2.05, 4.69) is 47.7 Å². The molecule has 8 nitrogen and oxygen atoms in total. The molecule has 1 atom stereocenters. The standard InChI is InChI=1S/C23H30N6O2/c1-5-27(6-2)17-10-12-28(15-17)22(30)18-14-25-29(21(18)16(3)4)23-24-11-9-19(26-23)20-8-7-13-31-20/h7-9,11,13-14,16-17H,5-6,10,12,15H2,1-4H3. The highest BCUT2D eigenvalue weighted by Gasteiger charge is 2.32.